The van der Waals surface area contributed by atoms with E-state index in [4.69, 9.17) is 11.6 Å². The van der Waals surface area contributed by atoms with Crippen LogP contribution in [0, 0.1) is 5.82 Å². The normalized spacial score (nSPS) is 25.6. The molecule has 1 saturated heterocycles. The van der Waals surface area contributed by atoms with Crippen LogP contribution in [-0.4, -0.2) is 18.8 Å². The zero-order chi connectivity index (χ0) is 12.3. The molecule has 1 unspecified atom stereocenters. The summed E-state index contributed by atoms with van der Waals surface area (Å²) in [6.45, 7) is 1.55. The van der Waals surface area contributed by atoms with Crippen molar-refractivity contribution in [2.75, 3.05) is 13.1 Å². The van der Waals surface area contributed by atoms with Gasteiger partial charge >= 0.3 is 0 Å². The third-order valence-electron chi connectivity index (χ3n) is 3.25. The minimum Gasteiger partial charge on any atom is -0.317 e. The van der Waals surface area contributed by atoms with Crippen LogP contribution in [0.3, 0.4) is 0 Å². The lowest BCUT2D eigenvalue weighted by molar-refractivity contribution is 0.144. The van der Waals surface area contributed by atoms with Gasteiger partial charge in [-0.15, -0.1) is 0 Å². The van der Waals surface area contributed by atoms with Crippen molar-refractivity contribution < 1.29 is 8.78 Å². The lowest BCUT2D eigenvalue weighted by Gasteiger charge is -2.23. The Kier molecular flexibility index (Phi) is 4.00. The Morgan fingerprint density at radius 3 is 2.88 bits per heavy atom. The second-order valence-corrected chi connectivity index (χ2v) is 5.07. The number of rotatable bonds is 2. The van der Waals surface area contributed by atoms with Crippen LogP contribution in [0.5, 0.6) is 0 Å². The summed E-state index contributed by atoms with van der Waals surface area (Å²) in [4.78, 5) is 0. The van der Waals surface area contributed by atoms with Gasteiger partial charge < -0.3 is 5.32 Å². The Labute approximate surface area is 105 Å². The molecule has 0 radical (unpaired) electrons. The summed E-state index contributed by atoms with van der Waals surface area (Å²) in [6, 6.07) is 4.16. The van der Waals surface area contributed by atoms with Crippen molar-refractivity contribution >= 4 is 11.6 Å². The zero-order valence-corrected chi connectivity index (χ0v) is 10.4. The molecular weight excluding hydrogens is 244 g/mol. The Bertz CT molecular complexity index is 387. The van der Waals surface area contributed by atoms with E-state index in [9.17, 15) is 8.78 Å². The van der Waals surface area contributed by atoms with Gasteiger partial charge in [0, 0.05) is 11.4 Å². The first-order valence-corrected chi connectivity index (χ1v) is 6.30. The van der Waals surface area contributed by atoms with Crippen LogP contribution < -0.4 is 5.32 Å². The van der Waals surface area contributed by atoms with Gasteiger partial charge in [-0.05, 0) is 50.0 Å². The molecule has 1 nitrogen and oxygen atoms in total. The lowest BCUT2D eigenvalue weighted by atomic mass is 9.89. The second-order valence-electron chi connectivity index (χ2n) is 4.67. The van der Waals surface area contributed by atoms with Crippen LogP contribution in [-0.2, 0) is 6.42 Å². The topological polar surface area (TPSA) is 12.0 Å². The average molecular weight is 260 g/mol. The molecular formula is C13H16ClF2N. The van der Waals surface area contributed by atoms with E-state index >= 15 is 0 Å². The van der Waals surface area contributed by atoms with Gasteiger partial charge in [0.15, 0.2) is 0 Å². The summed E-state index contributed by atoms with van der Waals surface area (Å²) in [5.41, 5.74) is -0.525. The summed E-state index contributed by atoms with van der Waals surface area (Å²) in [7, 11) is 0. The van der Waals surface area contributed by atoms with Crippen molar-refractivity contribution in [2.24, 2.45) is 0 Å². The van der Waals surface area contributed by atoms with Gasteiger partial charge in [-0.2, -0.15) is 0 Å². The number of hydrogen-bond acceptors (Lipinski definition) is 1. The van der Waals surface area contributed by atoms with E-state index in [1.54, 1.807) is 6.07 Å². The maximum Gasteiger partial charge on any atom is 0.124 e. The largest absolute Gasteiger partial charge is 0.317 e. The smallest absolute Gasteiger partial charge is 0.124 e. The molecule has 0 spiro atoms. The van der Waals surface area contributed by atoms with Gasteiger partial charge in [0.1, 0.15) is 11.5 Å². The molecule has 1 fully saturated rings. The van der Waals surface area contributed by atoms with Crippen LogP contribution in [0.15, 0.2) is 18.2 Å². The highest BCUT2D eigenvalue weighted by atomic mass is 35.5. The fourth-order valence-electron chi connectivity index (χ4n) is 2.28. The molecule has 1 aromatic carbocycles. The summed E-state index contributed by atoms with van der Waals surface area (Å²) < 4.78 is 27.5. The quantitative estimate of drug-likeness (QED) is 0.857. The fraction of sp³-hybridized carbons (Fsp3) is 0.538. The molecule has 1 heterocycles. The van der Waals surface area contributed by atoms with Gasteiger partial charge in [-0.25, -0.2) is 8.78 Å². The first-order chi connectivity index (χ1) is 8.09. The third-order valence-corrected chi connectivity index (χ3v) is 3.60. The van der Waals surface area contributed by atoms with Gasteiger partial charge in [-0.3, -0.25) is 0 Å². The molecule has 1 aliphatic heterocycles. The molecule has 2 rings (SSSR count). The van der Waals surface area contributed by atoms with E-state index in [0.717, 1.165) is 13.0 Å². The number of benzene rings is 1. The van der Waals surface area contributed by atoms with Crippen molar-refractivity contribution in [1.29, 1.82) is 0 Å². The number of nitrogens with one attached hydrogen (secondary N) is 1. The number of halogens is 3. The van der Waals surface area contributed by atoms with Crippen LogP contribution >= 0.6 is 11.6 Å². The van der Waals surface area contributed by atoms with Crippen molar-refractivity contribution in [2.45, 2.75) is 31.4 Å². The highest BCUT2D eigenvalue weighted by Gasteiger charge is 2.31. The summed E-state index contributed by atoms with van der Waals surface area (Å²) in [5, 5.41) is 3.50. The first-order valence-electron chi connectivity index (χ1n) is 5.93. The van der Waals surface area contributed by atoms with Crippen molar-refractivity contribution in [3.05, 3.63) is 34.6 Å². The minimum absolute atomic E-state index is 0.272. The Balaban J connectivity index is 2.12. The van der Waals surface area contributed by atoms with Gasteiger partial charge in [0.2, 0.25) is 0 Å². The highest BCUT2D eigenvalue weighted by Crippen LogP contribution is 2.31. The second kappa shape index (κ2) is 5.32. The van der Waals surface area contributed by atoms with Crippen LogP contribution in [0.2, 0.25) is 5.02 Å². The van der Waals surface area contributed by atoms with Crippen LogP contribution in [0.1, 0.15) is 24.8 Å². The molecule has 1 aromatic rings. The SMILES string of the molecule is Fc1ccc(CC2(F)CCCNCC2)c(Cl)c1. The Morgan fingerprint density at radius 2 is 2.12 bits per heavy atom. The van der Waals surface area contributed by atoms with E-state index < -0.39 is 5.67 Å². The molecule has 1 atom stereocenters. The predicted octanol–water partition coefficient (Wildman–Crippen LogP) is 3.50. The average Bonchev–Trinajstić information content (AvgIpc) is 2.48. The minimum atomic E-state index is -1.22. The lowest BCUT2D eigenvalue weighted by Crippen LogP contribution is -2.27. The van der Waals surface area contributed by atoms with E-state index in [2.05, 4.69) is 5.32 Å². The molecule has 0 aromatic heterocycles. The maximum atomic E-state index is 14.6. The van der Waals surface area contributed by atoms with Gasteiger partial charge in [0.05, 0.1) is 0 Å². The standard InChI is InChI=1S/C13H16ClF2N/c14-12-8-11(15)3-2-10(12)9-13(16)4-1-6-17-7-5-13/h2-3,8,17H,1,4-7,9H2. The third kappa shape index (κ3) is 3.39. The van der Waals surface area contributed by atoms with Crippen LogP contribution in [0.25, 0.3) is 0 Å². The van der Waals surface area contributed by atoms with E-state index in [1.807, 2.05) is 0 Å². The zero-order valence-electron chi connectivity index (χ0n) is 9.61. The van der Waals surface area contributed by atoms with E-state index in [1.165, 1.54) is 12.1 Å². The molecule has 4 heteroatoms. The summed E-state index contributed by atoms with van der Waals surface area (Å²) >= 11 is 5.93. The van der Waals surface area contributed by atoms with Gasteiger partial charge in [-0.1, -0.05) is 17.7 Å². The van der Waals surface area contributed by atoms with Crippen molar-refractivity contribution in [3.63, 3.8) is 0 Å². The van der Waals surface area contributed by atoms with Crippen LogP contribution in [0.4, 0.5) is 8.78 Å². The highest BCUT2D eigenvalue weighted by molar-refractivity contribution is 6.31. The molecule has 0 aliphatic carbocycles. The monoisotopic (exact) mass is 259 g/mol. The Morgan fingerprint density at radius 1 is 1.29 bits per heavy atom. The summed E-state index contributed by atoms with van der Waals surface area (Å²) in [6.07, 6.45) is 2.12. The number of hydrogen-bond donors (Lipinski definition) is 1. The van der Waals surface area contributed by atoms with Crippen molar-refractivity contribution in [3.8, 4) is 0 Å². The van der Waals surface area contributed by atoms with Gasteiger partial charge in [0.25, 0.3) is 0 Å². The molecule has 0 amide bonds. The number of alkyl halides is 1. The summed E-state index contributed by atoms with van der Waals surface area (Å²) in [5.74, 6) is -0.380. The van der Waals surface area contributed by atoms with E-state index in [-0.39, 0.29) is 12.2 Å². The molecule has 1 N–H and O–H groups in total. The predicted molar refractivity (Wildman–Crippen MR) is 65.7 cm³/mol. The Hall–Kier alpha value is -0.670. The molecule has 0 bridgehead atoms. The first kappa shape index (κ1) is 12.8. The van der Waals surface area contributed by atoms with E-state index in [0.29, 0.717) is 30.0 Å². The maximum absolute atomic E-state index is 14.6. The fourth-order valence-corrected chi connectivity index (χ4v) is 2.51. The molecule has 94 valence electrons. The molecule has 0 saturated carbocycles. The van der Waals surface area contributed by atoms with Crippen molar-refractivity contribution in [1.82, 2.24) is 5.32 Å². The molecule has 1 aliphatic rings. The molecule has 17 heavy (non-hydrogen) atoms.